The molecular formula is C58H37NOS. The molecule has 3 heteroatoms. The van der Waals surface area contributed by atoms with Crippen molar-refractivity contribution >= 4 is 81.3 Å². The minimum atomic E-state index is 0.901. The van der Waals surface area contributed by atoms with E-state index in [1.54, 1.807) is 0 Å². The van der Waals surface area contributed by atoms with Crippen LogP contribution in [0.25, 0.3) is 97.4 Å². The Hall–Kier alpha value is -7.72. The van der Waals surface area contributed by atoms with Gasteiger partial charge in [0.25, 0.3) is 0 Å². The van der Waals surface area contributed by atoms with E-state index in [0.717, 1.165) is 55.7 Å². The molecule has 0 atom stereocenters. The van der Waals surface area contributed by atoms with Crippen LogP contribution in [-0.2, 0) is 0 Å². The lowest BCUT2D eigenvalue weighted by Crippen LogP contribution is -2.12. The average molecular weight is 796 g/mol. The predicted molar refractivity (Wildman–Crippen MR) is 261 cm³/mol. The van der Waals surface area contributed by atoms with Crippen molar-refractivity contribution in [2.75, 3.05) is 4.90 Å². The molecule has 286 valence electrons. The molecule has 0 bridgehead atoms. The summed E-state index contributed by atoms with van der Waals surface area (Å²) in [4.78, 5) is 2.47. The SMILES string of the molecule is c1ccc(-c2cccc3cccc(-c4ccccc4N(c4ccc(-c5cccc6c5oc5ccccc56)cc4)c4ccccc4-c4cccc5sc6ccccc6c45)c23)cc1. The van der Waals surface area contributed by atoms with Gasteiger partial charge in [0.1, 0.15) is 11.2 Å². The fourth-order valence-corrected chi connectivity index (χ4v) is 10.5. The first kappa shape index (κ1) is 35.2. The number of furan rings is 1. The molecule has 0 saturated heterocycles. The number of anilines is 3. The van der Waals surface area contributed by atoms with E-state index in [4.69, 9.17) is 4.42 Å². The van der Waals surface area contributed by atoms with E-state index in [1.807, 2.05) is 23.5 Å². The molecule has 0 spiro atoms. The maximum absolute atomic E-state index is 6.51. The number of thiophene rings is 1. The van der Waals surface area contributed by atoms with Gasteiger partial charge in [-0.2, -0.15) is 0 Å². The number of para-hydroxylation sites is 4. The zero-order valence-corrected chi connectivity index (χ0v) is 33.9. The van der Waals surface area contributed by atoms with Gasteiger partial charge in [-0.15, -0.1) is 11.3 Å². The number of fused-ring (bicyclic) bond motifs is 7. The van der Waals surface area contributed by atoms with Crippen LogP contribution in [0.15, 0.2) is 229 Å². The third-order valence-corrected chi connectivity index (χ3v) is 13.2. The Balaban J connectivity index is 1.10. The van der Waals surface area contributed by atoms with Crippen LogP contribution in [0.1, 0.15) is 0 Å². The van der Waals surface area contributed by atoms with Gasteiger partial charge in [0.15, 0.2) is 0 Å². The van der Waals surface area contributed by atoms with Crippen LogP contribution in [0.2, 0.25) is 0 Å². The lowest BCUT2D eigenvalue weighted by atomic mass is 9.90. The highest BCUT2D eigenvalue weighted by molar-refractivity contribution is 7.25. The Morgan fingerprint density at radius 3 is 1.62 bits per heavy atom. The second-order valence-electron chi connectivity index (χ2n) is 15.5. The van der Waals surface area contributed by atoms with Gasteiger partial charge in [-0.3, -0.25) is 0 Å². The Labute approximate surface area is 357 Å². The number of hydrogen-bond donors (Lipinski definition) is 0. The van der Waals surface area contributed by atoms with Crippen molar-refractivity contribution in [1.82, 2.24) is 0 Å². The summed E-state index contributed by atoms with van der Waals surface area (Å²) in [5.74, 6) is 0. The molecule has 0 fully saturated rings. The zero-order valence-electron chi connectivity index (χ0n) is 33.1. The first-order valence-corrected chi connectivity index (χ1v) is 21.6. The number of nitrogens with zero attached hydrogens (tertiary/aromatic N) is 1. The minimum Gasteiger partial charge on any atom is -0.455 e. The Morgan fingerprint density at radius 2 is 0.852 bits per heavy atom. The first-order valence-electron chi connectivity index (χ1n) is 20.8. The van der Waals surface area contributed by atoms with Crippen molar-refractivity contribution in [3.05, 3.63) is 224 Å². The Morgan fingerprint density at radius 1 is 0.328 bits per heavy atom. The molecule has 2 aromatic heterocycles. The van der Waals surface area contributed by atoms with E-state index < -0.39 is 0 Å². The molecule has 0 radical (unpaired) electrons. The highest BCUT2D eigenvalue weighted by Gasteiger charge is 2.24. The molecule has 0 amide bonds. The maximum Gasteiger partial charge on any atom is 0.143 e. The van der Waals surface area contributed by atoms with E-state index in [9.17, 15) is 0 Å². The topological polar surface area (TPSA) is 16.4 Å². The van der Waals surface area contributed by atoms with E-state index in [0.29, 0.717) is 0 Å². The van der Waals surface area contributed by atoms with E-state index >= 15 is 0 Å². The van der Waals surface area contributed by atoms with Crippen molar-refractivity contribution < 1.29 is 4.42 Å². The minimum absolute atomic E-state index is 0.901. The fraction of sp³-hybridized carbons (Fsp3) is 0. The Kier molecular flexibility index (Phi) is 8.39. The monoisotopic (exact) mass is 795 g/mol. The van der Waals surface area contributed by atoms with Gasteiger partial charge in [0.05, 0.1) is 11.4 Å². The van der Waals surface area contributed by atoms with Crippen LogP contribution in [0.5, 0.6) is 0 Å². The summed E-state index contributed by atoms with van der Waals surface area (Å²) in [7, 11) is 0. The summed E-state index contributed by atoms with van der Waals surface area (Å²) in [6.07, 6.45) is 0. The van der Waals surface area contributed by atoms with Gasteiger partial charge in [-0.05, 0) is 81.1 Å². The third kappa shape index (κ3) is 5.85. The molecule has 2 nitrogen and oxygen atoms in total. The molecule has 0 unspecified atom stereocenters. The standard InChI is InChI=1S/C58H37NOS/c1-2-16-38(17-3-1)42-24-12-18-40-19-13-26-47(56(40)42)44-20-4-8-29-51(44)59(41-36-34-39(35-37-41)43-25-14-28-49-46-22-6-10-31-53(46)60-58(43)49)52-30-9-5-21-45(52)48-27-15-33-55-57(48)50-23-7-11-32-54(50)61-55/h1-37H. The summed E-state index contributed by atoms with van der Waals surface area (Å²) in [6.45, 7) is 0. The smallest absolute Gasteiger partial charge is 0.143 e. The number of rotatable bonds is 7. The second kappa shape index (κ2) is 14.5. The number of hydrogen-bond acceptors (Lipinski definition) is 3. The molecule has 12 aromatic rings. The highest BCUT2D eigenvalue weighted by Crippen LogP contribution is 2.49. The van der Waals surface area contributed by atoms with Crippen LogP contribution in [-0.4, -0.2) is 0 Å². The van der Waals surface area contributed by atoms with Crippen LogP contribution in [0.3, 0.4) is 0 Å². The molecule has 12 rings (SSSR count). The summed E-state index contributed by atoms with van der Waals surface area (Å²) < 4.78 is 9.09. The van der Waals surface area contributed by atoms with Crippen LogP contribution in [0.4, 0.5) is 17.1 Å². The van der Waals surface area contributed by atoms with E-state index in [2.05, 4.69) is 217 Å². The lowest BCUT2D eigenvalue weighted by Gasteiger charge is -2.30. The van der Waals surface area contributed by atoms with Crippen LogP contribution in [0, 0.1) is 0 Å². The van der Waals surface area contributed by atoms with Gasteiger partial charge in [-0.1, -0.05) is 182 Å². The molecule has 0 N–H and O–H groups in total. The van der Waals surface area contributed by atoms with Gasteiger partial charge in [0, 0.05) is 53.3 Å². The van der Waals surface area contributed by atoms with Crippen LogP contribution >= 0.6 is 11.3 Å². The largest absolute Gasteiger partial charge is 0.455 e. The van der Waals surface area contributed by atoms with Crippen molar-refractivity contribution in [2.45, 2.75) is 0 Å². The van der Waals surface area contributed by atoms with Crippen molar-refractivity contribution in [2.24, 2.45) is 0 Å². The van der Waals surface area contributed by atoms with E-state index in [1.165, 1.54) is 58.8 Å². The van der Waals surface area contributed by atoms with Gasteiger partial charge in [0.2, 0.25) is 0 Å². The molecule has 2 heterocycles. The number of benzene rings is 10. The quantitative estimate of drug-likeness (QED) is 0.160. The molecule has 0 aliphatic rings. The highest BCUT2D eigenvalue weighted by atomic mass is 32.1. The summed E-state index contributed by atoms with van der Waals surface area (Å²) in [6, 6.07) is 81.2. The Bertz CT molecular complexity index is 3590. The van der Waals surface area contributed by atoms with Gasteiger partial charge >= 0.3 is 0 Å². The van der Waals surface area contributed by atoms with Gasteiger partial charge in [-0.25, -0.2) is 0 Å². The summed E-state index contributed by atoms with van der Waals surface area (Å²) in [5.41, 5.74) is 14.4. The normalized spacial score (nSPS) is 11.6. The van der Waals surface area contributed by atoms with Crippen LogP contribution < -0.4 is 4.90 Å². The van der Waals surface area contributed by atoms with Crippen molar-refractivity contribution in [3.63, 3.8) is 0 Å². The van der Waals surface area contributed by atoms with E-state index in [-0.39, 0.29) is 0 Å². The third-order valence-electron chi connectivity index (χ3n) is 12.1. The average Bonchev–Trinajstić information content (AvgIpc) is 3.91. The fourth-order valence-electron chi connectivity index (χ4n) is 9.39. The molecule has 0 saturated carbocycles. The van der Waals surface area contributed by atoms with Gasteiger partial charge < -0.3 is 9.32 Å². The maximum atomic E-state index is 6.51. The molecule has 0 aliphatic carbocycles. The van der Waals surface area contributed by atoms with Crippen molar-refractivity contribution in [3.8, 4) is 44.5 Å². The lowest BCUT2D eigenvalue weighted by molar-refractivity contribution is 0.670. The molecule has 0 aliphatic heterocycles. The molecule has 10 aromatic carbocycles. The second-order valence-corrected chi connectivity index (χ2v) is 16.6. The summed E-state index contributed by atoms with van der Waals surface area (Å²) in [5, 5.41) is 7.28. The van der Waals surface area contributed by atoms with Crippen molar-refractivity contribution in [1.29, 1.82) is 0 Å². The predicted octanol–water partition coefficient (Wildman–Crippen LogP) is 17.2. The summed E-state index contributed by atoms with van der Waals surface area (Å²) >= 11 is 1.86. The molecule has 61 heavy (non-hydrogen) atoms. The first-order chi connectivity index (χ1) is 30.3. The zero-order chi connectivity index (χ0) is 40.3. The molecular weight excluding hydrogens is 759 g/mol.